The molecule has 0 bridgehead atoms. The van der Waals surface area contributed by atoms with Gasteiger partial charge in [0.15, 0.2) is 0 Å². The van der Waals surface area contributed by atoms with Gasteiger partial charge >= 0.3 is 0 Å². The molecule has 1 aromatic carbocycles. The molecule has 2 atom stereocenters. The zero-order valence-electron chi connectivity index (χ0n) is 10.0. The second-order valence-corrected chi connectivity index (χ2v) is 5.72. The summed E-state index contributed by atoms with van der Waals surface area (Å²) in [4.78, 5) is 4.82. The molecular formula is C15H18N2. The SMILES string of the molecule is NC1c2cc(C3CC3)ccc2N=C2CCCC21. The van der Waals surface area contributed by atoms with E-state index in [4.69, 9.17) is 10.7 Å². The van der Waals surface area contributed by atoms with Crippen LogP contribution in [0, 0.1) is 5.92 Å². The third-order valence-corrected chi connectivity index (χ3v) is 4.53. The van der Waals surface area contributed by atoms with Gasteiger partial charge in [0.25, 0.3) is 0 Å². The largest absolute Gasteiger partial charge is 0.323 e. The number of nitrogens with two attached hydrogens (primary N) is 1. The Hall–Kier alpha value is -1.15. The molecule has 0 saturated heterocycles. The lowest BCUT2D eigenvalue weighted by atomic mass is 9.86. The monoisotopic (exact) mass is 226 g/mol. The van der Waals surface area contributed by atoms with E-state index in [2.05, 4.69) is 18.2 Å². The summed E-state index contributed by atoms with van der Waals surface area (Å²) >= 11 is 0. The fraction of sp³-hybridized carbons (Fsp3) is 0.533. The Kier molecular flexibility index (Phi) is 1.98. The maximum atomic E-state index is 6.44. The summed E-state index contributed by atoms with van der Waals surface area (Å²) in [6.45, 7) is 0. The van der Waals surface area contributed by atoms with Crippen molar-refractivity contribution in [2.24, 2.45) is 16.6 Å². The average Bonchev–Trinajstić information content (AvgIpc) is 3.08. The Labute approximate surface area is 102 Å². The van der Waals surface area contributed by atoms with Crippen LogP contribution in [0.15, 0.2) is 23.2 Å². The van der Waals surface area contributed by atoms with E-state index < -0.39 is 0 Å². The van der Waals surface area contributed by atoms with Crippen molar-refractivity contribution in [2.45, 2.75) is 44.1 Å². The summed E-state index contributed by atoms with van der Waals surface area (Å²) in [5.41, 5.74) is 11.7. The van der Waals surface area contributed by atoms with Crippen LogP contribution in [-0.2, 0) is 0 Å². The molecular weight excluding hydrogens is 208 g/mol. The predicted molar refractivity (Wildman–Crippen MR) is 69.8 cm³/mol. The van der Waals surface area contributed by atoms with Crippen molar-refractivity contribution >= 4 is 11.4 Å². The molecule has 2 nitrogen and oxygen atoms in total. The van der Waals surface area contributed by atoms with Crippen LogP contribution < -0.4 is 5.73 Å². The zero-order chi connectivity index (χ0) is 11.4. The molecule has 4 rings (SSSR count). The third kappa shape index (κ3) is 1.47. The van der Waals surface area contributed by atoms with Gasteiger partial charge in [-0.15, -0.1) is 0 Å². The molecule has 2 N–H and O–H groups in total. The minimum absolute atomic E-state index is 0.193. The van der Waals surface area contributed by atoms with E-state index in [0.717, 1.165) is 18.0 Å². The van der Waals surface area contributed by atoms with Crippen molar-refractivity contribution in [3.05, 3.63) is 29.3 Å². The van der Waals surface area contributed by atoms with Crippen molar-refractivity contribution in [2.75, 3.05) is 0 Å². The Bertz CT molecular complexity index is 500. The maximum absolute atomic E-state index is 6.44. The molecule has 0 amide bonds. The lowest BCUT2D eigenvalue weighted by molar-refractivity contribution is 0.536. The van der Waals surface area contributed by atoms with Gasteiger partial charge < -0.3 is 5.73 Å². The molecule has 17 heavy (non-hydrogen) atoms. The molecule has 2 unspecified atom stereocenters. The molecule has 1 aromatic rings. The number of rotatable bonds is 1. The van der Waals surface area contributed by atoms with Gasteiger partial charge in [-0.1, -0.05) is 12.1 Å². The van der Waals surface area contributed by atoms with E-state index in [1.54, 1.807) is 0 Å². The van der Waals surface area contributed by atoms with E-state index in [1.807, 2.05) is 0 Å². The molecule has 1 aliphatic heterocycles. The summed E-state index contributed by atoms with van der Waals surface area (Å²) in [6.07, 6.45) is 6.36. The number of nitrogens with zero attached hydrogens (tertiary/aromatic N) is 1. The molecule has 3 aliphatic rings. The predicted octanol–water partition coefficient (Wildman–Crippen LogP) is 3.45. The smallest absolute Gasteiger partial charge is 0.0677 e. The van der Waals surface area contributed by atoms with Gasteiger partial charge in [0.1, 0.15) is 0 Å². The molecule has 1 heterocycles. The van der Waals surface area contributed by atoms with Crippen LogP contribution in [0.1, 0.15) is 55.2 Å². The second-order valence-electron chi connectivity index (χ2n) is 5.72. The highest BCUT2D eigenvalue weighted by molar-refractivity contribution is 5.93. The van der Waals surface area contributed by atoms with Gasteiger partial charge in [-0.3, -0.25) is 4.99 Å². The molecule has 2 heteroatoms. The lowest BCUT2D eigenvalue weighted by Gasteiger charge is -2.27. The summed E-state index contributed by atoms with van der Waals surface area (Å²) in [5.74, 6) is 1.33. The lowest BCUT2D eigenvalue weighted by Crippen LogP contribution is -2.27. The molecule has 2 fully saturated rings. The van der Waals surface area contributed by atoms with Crippen molar-refractivity contribution in [1.82, 2.24) is 0 Å². The van der Waals surface area contributed by atoms with Crippen LogP contribution in [0.3, 0.4) is 0 Å². The molecule has 0 radical (unpaired) electrons. The number of hydrogen-bond donors (Lipinski definition) is 1. The minimum atomic E-state index is 0.193. The number of hydrogen-bond acceptors (Lipinski definition) is 2. The third-order valence-electron chi connectivity index (χ3n) is 4.53. The van der Waals surface area contributed by atoms with Crippen LogP contribution in [-0.4, -0.2) is 5.71 Å². The normalized spacial score (nSPS) is 30.8. The maximum Gasteiger partial charge on any atom is 0.0677 e. The summed E-state index contributed by atoms with van der Waals surface area (Å²) in [5, 5.41) is 0. The second kappa shape index (κ2) is 3.42. The standard InChI is InChI=1S/C15H18N2/c16-15-11-2-1-3-13(11)17-14-7-6-10(8-12(14)15)9-4-5-9/h6-9,11,15H,1-5,16H2. The first-order valence-electron chi connectivity index (χ1n) is 6.80. The quantitative estimate of drug-likeness (QED) is 0.782. The van der Waals surface area contributed by atoms with Crippen molar-refractivity contribution in [3.63, 3.8) is 0 Å². The molecule has 2 aliphatic carbocycles. The van der Waals surface area contributed by atoms with Crippen LogP contribution in [0.25, 0.3) is 0 Å². The van der Waals surface area contributed by atoms with Gasteiger partial charge in [0, 0.05) is 17.7 Å². The first-order valence-corrected chi connectivity index (χ1v) is 6.80. The first-order chi connectivity index (χ1) is 8.33. The highest BCUT2D eigenvalue weighted by Gasteiger charge is 2.34. The van der Waals surface area contributed by atoms with E-state index in [-0.39, 0.29) is 6.04 Å². The summed E-state index contributed by atoms with van der Waals surface area (Å²) in [7, 11) is 0. The molecule has 88 valence electrons. The number of aliphatic imine (C=N–C) groups is 1. The van der Waals surface area contributed by atoms with E-state index in [9.17, 15) is 0 Å². The van der Waals surface area contributed by atoms with Gasteiger partial charge in [0.05, 0.1) is 5.69 Å². The van der Waals surface area contributed by atoms with Gasteiger partial charge in [0.2, 0.25) is 0 Å². The Balaban J connectivity index is 1.81. The van der Waals surface area contributed by atoms with Crippen molar-refractivity contribution in [3.8, 4) is 0 Å². The van der Waals surface area contributed by atoms with Crippen LogP contribution in [0.4, 0.5) is 5.69 Å². The number of benzene rings is 1. The fourth-order valence-electron chi connectivity index (χ4n) is 3.36. The van der Waals surface area contributed by atoms with E-state index >= 15 is 0 Å². The molecule has 2 saturated carbocycles. The molecule has 0 spiro atoms. The highest BCUT2D eigenvalue weighted by atomic mass is 14.8. The van der Waals surface area contributed by atoms with Crippen molar-refractivity contribution in [1.29, 1.82) is 0 Å². The van der Waals surface area contributed by atoms with Gasteiger partial charge in [-0.2, -0.15) is 0 Å². The topological polar surface area (TPSA) is 38.4 Å². The minimum Gasteiger partial charge on any atom is -0.323 e. The fourth-order valence-corrected chi connectivity index (χ4v) is 3.36. The Morgan fingerprint density at radius 1 is 1.18 bits per heavy atom. The van der Waals surface area contributed by atoms with Crippen molar-refractivity contribution < 1.29 is 0 Å². The summed E-state index contributed by atoms with van der Waals surface area (Å²) < 4.78 is 0. The zero-order valence-corrected chi connectivity index (χ0v) is 10.0. The number of fused-ring (bicyclic) bond motifs is 2. The average molecular weight is 226 g/mol. The molecule has 0 aromatic heterocycles. The Morgan fingerprint density at radius 3 is 2.88 bits per heavy atom. The van der Waals surface area contributed by atoms with E-state index in [0.29, 0.717) is 5.92 Å². The van der Waals surface area contributed by atoms with Gasteiger partial charge in [-0.05, 0) is 55.2 Å². The van der Waals surface area contributed by atoms with Gasteiger partial charge in [-0.25, -0.2) is 0 Å². The summed E-state index contributed by atoms with van der Waals surface area (Å²) in [6, 6.07) is 6.96. The van der Waals surface area contributed by atoms with E-state index in [1.165, 1.54) is 42.5 Å². The Morgan fingerprint density at radius 2 is 2.06 bits per heavy atom. The van der Waals surface area contributed by atoms with Crippen LogP contribution in [0.2, 0.25) is 0 Å². The van der Waals surface area contributed by atoms with Crippen LogP contribution in [0.5, 0.6) is 0 Å². The highest BCUT2D eigenvalue weighted by Crippen LogP contribution is 2.46. The van der Waals surface area contributed by atoms with Crippen LogP contribution >= 0.6 is 0 Å². The first kappa shape index (κ1) is 9.84.